The first-order valence-electron chi connectivity index (χ1n) is 12.7. The van der Waals surface area contributed by atoms with E-state index in [2.05, 4.69) is 27.7 Å². The average molecular weight is 445 g/mol. The molecule has 1 aromatic carbocycles. The summed E-state index contributed by atoms with van der Waals surface area (Å²) >= 11 is 0. The van der Waals surface area contributed by atoms with E-state index >= 15 is 0 Å². The molecule has 1 aromatic heterocycles. The second kappa shape index (κ2) is 14.1. The van der Waals surface area contributed by atoms with Gasteiger partial charge in [-0.15, -0.1) is 0 Å². The fraction of sp³-hybridized carbons (Fsp3) is 0.667. The Labute approximate surface area is 194 Å². The topological polar surface area (TPSA) is 66.5 Å². The molecule has 180 valence electrons. The van der Waals surface area contributed by atoms with Crippen molar-refractivity contribution in [3.05, 3.63) is 28.6 Å². The van der Waals surface area contributed by atoms with E-state index in [1.807, 2.05) is 22.8 Å². The number of hydrogen-bond donors (Lipinski definition) is 1. The predicted molar refractivity (Wildman–Crippen MR) is 136 cm³/mol. The number of aromatic nitrogens is 1. The van der Waals surface area contributed by atoms with Gasteiger partial charge in [-0.25, -0.2) is 0 Å². The van der Waals surface area contributed by atoms with Crippen LogP contribution in [0.2, 0.25) is 0 Å². The van der Waals surface area contributed by atoms with Gasteiger partial charge >= 0.3 is 0 Å². The van der Waals surface area contributed by atoms with E-state index < -0.39 is 0 Å². The average Bonchev–Trinajstić information content (AvgIpc) is 2.77. The first-order valence-corrected chi connectivity index (χ1v) is 12.7. The molecule has 2 rings (SSSR count). The van der Waals surface area contributed by atoms with Gasteiger partial charge in [-0.2, -0.15) is 0 Å². The highest BCUT2D eigenvalue weighted by atomic mass is 16.5. The number of anilines is 1. The molecule has 1 atom stereocenters. The monoisotopic (exact) mass is 444 g/mol. The van der Waals surface area contributed by atoms with Crippen LogP contribution in [0.15, 0.2) is 23.0 Å². The second-order valence-electron chi connectivity index (χ2n) is 9.07. The van der Waals surface area contributed by atoms with Gasteiger partial charge in [0.2, 0.25) is 5.75 Å². The van der Waals surface area contributed by atoms with Crippen LogP contribution in [0.4, 0.5) is 5.69 Å². The van der Waals surface area contributed by atoms with Crippen molar-refractivity contribution in [3.8, 4) is 11.5 Å². The highest BCUT2D eigenvalue weighted by molar-refractivity contribution is 5.90. The lowest BCUT2D eigenvalue weighted by Crippen LogP contribution is -2.25. The third kappa shape index (κ3) is 7.46. The van der Waals surface area contributed by atoms with Crippen molar-refractivity contribution >= 4 is 16.6 Å². The zero-order valence-corrected chi connectivity index (χ0v) is 20.8. The molecule has 0 bridgehead atoms. The van der Waals surface area contributed by atoms with E-state index in [0.29, 0.717) is 42.9 Å². The summed E-state index contributed by atoms with van der Waals surface area (Å²) in [6, 6.07) is 5.74. The number of hydrogen-bond acceptors (Lipinski definition) is 4. The Hall–Kier alpha value is -2.17. The Morgan fingerprint density at radius 3 is 2.31 bits per heavy atom. The van der Waals surface area contributed by atoms with Gasteiger partial charge in [-0.1, -0.05) is 72.6 Å². The van der Waals surface area contributed by atoms with Crippen LogP contribution in [0.25, 0.3) is 10.9 Å². The number of fused-ring (bicyclic) bond motifs is 1. The van der Waals surface area contributed by atoms with Gasteiger partial charge in [0, 0.05) is 17.6 Å². The molecule has 2 N–H and O–H groups in total. The van der Waals surface area contributed by atoms with Gasteiger partial charge in [-0.05, 0) is 43.4 Å². The molecule has 0 saturated heterocycles. The van der Waals surface area contributed by atoms with Crippen LogP contribution in [0.1, 0.15) is 91.9 Å². The maximum atomic E-state index is 13.6. The lowest BCUT2D eigenvalue weighted by atomic mass is 10.1. The number of aryl methyl sites for hydroxylation is 1. The zero-order chi connectivity index (χ0) is 23.3. The van der Waals surface area contributed by atoms with Gasteiger partial charge in [0.05, 0.1) is 18.7 Å². The van der Waals surface area contributed by atoms with Crippen LogP contribution in [0.3, 0.4) is 0 Å². The number of ether oxygens (including phenoxy) is 2. The third-order valence-corrected chi connectivity index (χ3v) is 5.98. The number of rotatable bonds is 16. The minimum absolute atomic E-state index is 0.105. The van der Waals surface area contributed by atoms with Gasteiger partial charge in [-0.3, -0.25) is 4.79 Å². The zero-order valence-electron chi connectivity index (χ0n) is 20.8. The Morgan fingerprint density at radius 1 is 0.906 bits per heavy atom. The van der Waals surface area contributed by atoms with Crippen molar-refractivity contribution in [3.63, 3.8) is 0 Å². The van der Waals surface area contributed by atoms with Crippen LogP contribution >= 0.6 is 0 Å². The largest absolute Gasteiger partial charge is 0.489 e. The number of pyridine rings is 1. The van der Waals surface area contributed by atoms with Crippen LogP contribution in [-0.2, 0) is 6.54 Å². The number of unbranched alkanes of at least 4 members (excludes halogenated alkanes) is 6. The van der Waals surface area contributed by atoms with Crippen molar-refractivity contribution in [1.29, 1.82) is 0 Å². The fourth-order valence-electron chi connectivity index (χ4n) is 4.11. The summed E-state index contributed by atoms with van der Waals surface area (Å²) in [4.78, 5) is 13.6. The first kappa shape index (κ1) is 26.1. The molecule has 0 saturated carbocycles. The second-order valence-corrected chi connectivity index (χ2v) is 9.07. The summed E-state index contributed by atoms with van der Waals surface area (Å²) in [7, 11) is 0. The molecule has 0 amide bonds. The number of nitrogens with two attached hydrogens (primary N) is 1. The molecule has 1 heterocycles. The molecule has 0 radical (unpaired) electrons. The molecule has 0 spiro atoms. The Bertz CT molecular complexity index is 875. The van der Waals surface area contributed by atoms with Crippen LogP contribution in [-0.4, -0.2) is 17.8 Å². The summed E-state index contributed by atoms with van der Waals surface area (Å²) in [6.07, 6.45) is 11.0. The molecular weight excluding hydrogens is 400 g/mol. The fourth-order valence-corrected chi connectivity index (χ4v) is 4.11. The normalized spacial score (nSPS) is 12.2. The Kier molecular flexibility index (Phi) is 11.5. The molecule has 0 fully saturated rings. The summed E-state index contributed by atoms with van der Waals surface area (Å²) in [5, 5.41) is 0.905. The molecule has 0 aliphatic rings. The molecule has 2 aromatic rings. The lowest BCUT2D eigenvalue weighted by Gasteiger charge is -2.20. The summed E-state index contributed by atoms with van der Waals surface area (Å²) in [5.41, 5.74) is 7.49. The van der Waals surface area contributed by atoms with Gasteiger partial charge in [0.15, 0.2) is 5.75 Å². The highest BCUT2D eigenvalue weighted by Gasteiger charge is 2.20. The highest BCUT2D eigenvalue weighted by Crippen LogP contribution is 2.34. The Balaban J connectivity index is 2.44. The summed E-state index contributed by atoms with van der Waals surface area (Å²) in [6.45, 7) is 10.5. The van der Waals surface area contributed by atoms with Crippen LogP contribution in [0, 0.1) is 5.92 Å². The van der Waals surface area contributed by atoms with E-state index in [1.54, 1.807) is 0 Å². The lowest BCUT2D eigenvalue weighted by molar-refractivity contribution is 0.226. The molecule has 0 aliphatic heterocycles. The molecule has 5 nitrogen and oxygen atoms in total. The molecule has 32 heavy (non-hydrogen) atoms. The number of nitrogen functional groups attached to an aromatic ring is 1. The third-order valence-electron chi connectivity index (χ3n) is 5.98. The van der Waals surface area contributed by atoms with Gasteiger partial charge < -0.3 is 19.8 Å². The standard InChI is InChI=1S/C27H44N2O3/c1-5-8-10-12-17-29-24-19-22(28)15-16-23(24)25(31-18-13-11-9-6-2)26(27(29)30)32-20-21(4)14-7-3/h15-16,19,21H,5-14,17-18,20,28H2,1-4H3. The van der Waals surface area contributed by atoms with Crippen molar-refractivity contribution < 1.29 is 9.47 Å². The van der Waals surface area contributed by atoms with E-state index in [-0.39, 0.29) is 5.56 Å². The van der Waals surface area contributed by atoms with Crippen LogP contribution in [0.5, 0.6) is 11.5 Å². The number of nitrogens with zero attached hydrogens (tertiary/aromatic N) is 1. The molecule has 0 aliphatic carbocycles. The van der Waals surface area contributed by atoms with E-state index in [1.165, 1.54) is 19.3 Å². The van der Waals surface area contributed by atoms with E-state index in [4.69, 9.17) is 15.2 Å². The maximum Gasteiger partial charge on any atom is 0.297 e. The summed E-state index contributed by atoms with van der Waals surface area (Å²) < 4.78 is 14.2. The maximum absolute atomic E-state index is 13.6. The van der Waals surface area contributed by atoms with E-state index in [0.717, 1.165) is 55.8 Å². The Morgan fingerprint density at radius 2 is 1.62 bits per heavy atom. The minimum atomic E-state index is -0.105. The van der Waals surface area contributed by atoms with Gasteiger partial charge in [0.25, 0.3) is 5.56 Å². The molecule has 5 heteroatoms. The van der Waals surface area contributed by atoms with E-state index in [9.17, 15) is 4.79 Å². The SMILES string of the molecule is CCCCCCOc1c(OCC(C)CCC)c(=O)n(CCCCCC)c2cc(N)ccc12. The predicted octanol–water partition coefficient (Wildman–Crippen LogP) is 6.94. The molecular formula is C27H44N2O3. The molecule has 1 unspecified atom stereocenters. The van der Waals surface area contributed by atoms with Gasteiger partial charge in [0.1, 0.15) is 0 Å². The van der Waals surface area contributed by atoms with Crippen molar-refractivity contribution in [2.24, 2.45) is 5.92 Å². The van der Waals surface area contributed by atoms with Crippen LogP contribution < -0.4 is 20.8 Å². The smallest absolute Gasteiger partial charge is 0.297 e. The van der Waals surface area contributed by atoms with Crippen molar-refractivity contribution in [1.82, 2.24) is 4.57 Å². The first-order chi connectivity index (χ1) is 15.5. The summed E-state index contributed by atoms with van der Waals surface area (Å²) in [5.74, 6) is 1.32. The number of benzene rings is 1. The van der Waals surface area contributed by atoms with Crippen molar-refractivity contribution in [2.75, 3.05) is 18.9 Å². The minimum Gasteiger partial charge on any atom is -0.489 e. The quantitative estimate of drug-likeness (QED) is 0.225. The van der Waals surface area contributed by atoms with Crippen molar-refractivity contribution in [2.45, 2.75) is 98.4 Å².